The molecule has 0 aromatic carbocycles. The van der Waals surface area contributed by atoms with E-state index >= 15 is 0 Å². The number of carbonyl (C=O) groups is 2. The highest BCUT2D eigenvalue weighted by atomic mass is 19.1. The van der Waals surface area contributed by atoms with Crippen LogP contribution in [0.1, 0.15) is 31.1 Å². The Morgan fingerprint density at radius 3 is 2.53 bits per heavy atom. The van der Waals surface area contributed by atoms with Gasteiger partial charge in [0.05, 0.1) is 11.9 Å². The van der Waals surface area contributed by atoms with E-state index in [1.54, 1.807) is 20.8 Å². The van der Waals surface area contributed by atoms with Crippen molar-refractivity contribution >= 4 is 18.1 Å². The van der Waals surface area contributed by atoms with Crippen LogP contribution in [0.4, 0.5) is 14.9 Å². The van der Waals surface area contributed by atoms with Crippen LogP contribution in [0.3, 0.4) is 0 Å². The first-order valence-electron chi connectivity index (χ1n) is 4.91. The van der Waals surface area contributed by atoms with Crippen molar-refractivity contribution in [3.63, 3.8) is 0 Å². The Morgan fingerprint density at radius 2 is 2.12 bits per heavy atom. The fourth-order valence-corrected chi connectivity index (χ4v) is 1.47. The van der Waals surface area contributed by atoms with E-state index in [2.05, 4.69) is 4.98 Å². The molecule has 1 aromatic rings. The van der Waals surface area contributed by atoms with Gasteiger partial charge in [0.25, 0.3) is 0 Å². The summed E-state index contributed by atoms with van der Waals surface area (Å²) in [6.07, 6.45) is 0.217. The second-order valence-electron chi connectivity index (χ2n) is 4.47. The lowest BCUT2D eigenvalue weighted by molar-refractivity contribution is 0.112. The van der Waals surface area contributed by atoms with Gasteiger partial charge in [-0.2, -0.15) is 4.39 Å². The van der Waals surface area contributed by atoms with Crippen LogP contribution < -0.4 is 4.90 Å². The third-order valence-corrected chi connectivity index (χ3v) is 2.11. The minimum atomic E-state index is -1.23. The molecule has 1 heterocycles. The van der Waals surface area contributed by atoms with Crippen molar-refractivity contribution in [1.29, 1.82) is 0 Å². The highest BCUT2D eigenvalue weighted by molar-refractivity contribution is 5.94. The molecule has 6 heteroatoms. The maximum Gasteiger partial charge on any atom is 0.412 e. The molecule has 0 saturated carbocycles. The van der Waals surface area contributed by atoms with E-state index in [1.807, 2.05) is 0 Å². The number of carboxylic acid groups (broad SMARTS) is 1. The lowest BCUT2D eigenvalue weighted by Crippen LogP contribution is -2.45. The van der Waals surface area contributed by atoms with Crippen LogP contribution >= 0.6 is 0 Å². The van der Waals surface area contributed by atoms with Crippen LogP contribution in [0.5, 0.6) is 0 Å². The molecule has 0 fully saturated rings. The number of carbonyl (C=O) groups excluding carboxylic acids is 1. The minimum Gasteiger partial charge on any atom is -0.465 e. The lowest BCUT2D eigenvalue weighted by atomic mass is 10.0. The van der Waals surface area contributed by atoms with Crippen molar-refractivity contribution < 1.29 is 19.1 Å². The summed E-state index contributed by atoms with van der Waals surface area (Å²) >= 11 is 0. The van der Waals surface area contributed by atoms with Gasteiger partial charge in [-0.25, -0.2) is 9.78 Å². The molecule has 0 aliphatic carbocycles. The number of aromatic nitrogens is 1. The van der Waals surface area contributed by atoms with Crippen molar-refractivity contribution in [2.45, 2.75) is 26.3 Å². The van der Waals surface area contributed by atoms with E-state index in [9.17, 15) is 14.0 Å². The van der Waals surface area contributed by atoms with Crippen molar-refractivity contribution in [1.82, 2.24) is 4.98 Å². The molecule has 0 aliphatic heterocycles. The molecule has 5 nitrogen and oxygen atoms in total. The third-order valence-electron chi connectivity index (χ3n) is 2.11. The van der Waals surface area contributed by atoms with Crippen LogP contribution in [0, 0.1) is 5.95 Å². The minimum absolute atomic E-state index is 0.0465. The standard InChI is InChI=1S/C11H13FN2O3/c1-11(2,3)14(10(16)17)8-5-13-9(12)4-7(8)6-15/h4-6H,1-3H3,(H,16,17). The topological polar surface area (TPSA) is 70.5 Å². The summed E-state index contributed by atoms with van der Waals surface area (Å²) in [6.45, 7) is 5.00. The zero-order valence-corrected chi connectivity index (χ0v) is 9.77. The molecule has 0 aliphatic rings. The van der Waals surface area contributed by atoms with E-state index in [0.29, 0.717) is 6.29 Å². The van der Waals surface area contributed by atoms with E-state index in [1.165, 1.54) is 0 Å². The highest BCUT2D eigenvalue weighted by Crippen LogP contribution is 2.26. The quantitative estimate of drug-likeness (QED) is 0.636. The number of halogens is 1. The molecule has 92 valence electrons. The summed E-state index contributed by atoms with van der Waals surface area (Å²) in [5, 5.41) is 9.14. The first kappa shape index (κ1) is 13.1. The van der Waals surface area contributed by atoms with Crippen molar-refractivity contribution in [2.24, 2.45) is 0 Å². The Kier molecular flexibility index (Phi) is 3.45. The zero-order valence-electron chi connectivity index (χ0n) is 9.77. The molecule has 0 unspecified atom stereocenters. The molecule has 0 bridgehead atoms. The number of nitrogens with zero attached hydrogens (tertiary/aromatic N) is 2. The molecule has 0 radical (unpaired) electrons. The third kappa shape index (κ3) is 2.77. The molecule has 0 saturated heterocycles. The van der Waals surface area contributed by atoms with E-state index in [-0.39, 0.29) is 11.3 Å². The number of hydrogen-bond donors (Lipinski definition) is 1. The number of pyridine rings is 1. The molecule has 1 amide bonds. The summed E-state index contributed by atoms with van der Waals surface area (Å²) in [6, 6.07) is 0.907. The van der Waals surface area contributed by atoms with Crippen molar-refractivity contribution in [2.75, 3.05) is 4.90 Å². The van der Waals surface area contributed by atoms with E-state index in [0.717, 1.165) is 17.2 Å². The van der Waals surface area contributed by atoms with Crippen LogP contribution in [0.15, 0.2) is 12.3 Å². The average molecular weight is 240 g/mol. The predicted molar refractivity (Wildman–Crippen MR) is 59.8 cm³/mol. The van der Waals surface area contributed by atoms with Gasteiger partial charge in [0.15, 0.2) is 6.29 Å². The first-order valence-corrected chi connectivity index (χ1v) is 4.91. The number of rotatable bonds is 2. The summed E-state index contributed by atoms with van der Waals surface area (Å²) < 4.78 is 12.9. The van der Waals surface area contributed by atoms with Gasteiger partial charge in [-0.3, -0.25) is 9.69 Å². The van der Waals surface area contributed by atoms with Gasteiger partial charge >= 0.3 is 6.09 Å². The fraction of sp³-hybridized carbons (Fsp3) is 0.364. The Labute approximate surface area is 97.9 Å². The fourth-order valence-electron chi connectivity index (χ4n) is 1.47. The summed E-state index contributed by atoms with van der Waals surface area (Å²) in [4.78, 5) is 26.4. The molecule has 1 rings (SSSR count). The second-order valence-corrected chi connectivity index (χ2v) is 4.47. The molecule has 1 aromatic heterocycles. The Hall–Kier alpha value is -1.98. The first-order chi connectivity index (χ1) is 7.77. The lowest BCUT2D eigenvalue weighted by Gasteiger charge is -2.33. The normalized spacial score (nSPS) is 11.1. The summed E-state index contributed by atoms with van der Waals surface area (Å²) in [7, 11) is 0. The Morgan fingerprint density at radius 1 is 1.53 bits per heavy atom. The SMILES string of the molecule is CC(C)(C)N(C(=O)O)c1cnc(F)cc1C=O. The van der Waals surface area contributed by atoms with Gasteiger partial charge in [0.2, 0.25) is 5.95 Å². The van der Waals surface area contributed by atoms with Crippen LogP contribution in [-0.2, 0) is 0 Å². The molecule has 0 atom stereocenters. The zero-order chi connectivity index (χ0) is 13.2. The van der Waals surface area contributed by atoms with Gasteiger partial charge in [-0.1, -0.05) is 0 Å². The van der Waals surface area contributed by atoms with Gasteiger partial charge in [0, 0.05) is 17.2 Å². The van der Waals surface area contributed by atoms with Crippen LogP contribution in [0.25, 0.3) is 0 Å². The van der Waals surface area contributed by atoms with E-state index < -0.39 is 17.6 Å². The van der Waals surface area contributed by atoms with Crippen molar-refractivity contribution in [3.8, 4) is 0 Å². The second kappa shape index (κ2) is 4.48. The van der Waals surface area contributed by atoms with Crippen LogP contribution in [0.2, 0.25) is 0 Å². The highest BCUT2D eigenvalue weighted by Gasteiger charge is 2.30. The summed E-state index contributed by atoms with van der Waals surface area (Å²) in [5.41, 5.74) is -0.737. The molecular weight excluding hydrogens is 227 g/mol. The predicted octanol–water partition coefficient (Wildman–Crippen LogP) is 2.32. The van der Waals surface area contributed by atoms with Crippen molar-refractivity contribution in [3.05, 3.63) is 23.8 Å². The smallest absolute Gasteiger partial charge is 0.412 e. The average Bonchev–Trinajstić information content (AvgIpc) is 2.17. The Bertz CT molecular complexity index is 455. The molecule has 1 N–H and O–H groups in total. The maximum absolute atomic E-state index is 12.9. The number of anilines is 1. The molecule has 0 spiro atoms. The Balaban J connectivity index is 3.38. The monoisotopic (exact) mass is 240 g/mol. The molecular formula is C11H13FN2O3. The number of hydrogen-bond acceptors (Lipinski definition) is 3. The van der Waals surface area contributed by atoms with Crippen LogP contribution in [-0.4, -0.2) is 28.0 Å². The largest absolute Gasteiger partial charge is 0.465 e. The van der Waals surface area contributed by atoms with Gasteiger partial charge in [0.1, 0.15) is 0 Å². The number of aldehydes is 1. The van der Waals surface area contributed by atoms with Gasteiger partial charge in [-0.05, 0) is 20.8 Å². The molecule has 17 heavy (non-hydrogen) atoms. The summed E-state index contributed by atoms with van der Waals surface area (Å²) in [5.74, 6) is -0.824. The number of amides is 1. The maximum atomic E-state index is 12.9. The van der Waals surface area contributed by atoms with Gasteiger partial charge in [-0.15, -0.1) is 0 Å². The van der Waals surface area contributed by atoms with E-state index in [4.69, 9.17) is 5.11 Å². The van der Waals surface area contributed by atoms with Gasteiger partial charge < -0.3 is 5.11 Å².